The number of benzene rings is 1. The Labute approximate surface area is 195 Å². The molecule has 0 fully saturated rings. The molecule has 28 heavy (non-hydrogen) atoms. The molecule has 0 aliphatic heterocycles. The number of hydrogen-bond donors (Lipinski definition) is 0. The Balaban J connectivity index is -0.000000678. The molecule has 0 aliphatic carbocycles. The summed E-state index contributed by atoms with van der Waals surface area (Å²) < 4.78 is 37.5. The van der Waals surface area contributed by atoms with E-state index in [0.29, 0.717) is 0 Å². The van der Waals surface area contributed by atoms with Crippen molar-refractivity contribution in [3.05, 3.63) is 43.5 Å². The van der Waals surface area contributed by atoms with Crippen LogP contribution in [0.4, 0.5) is 0 Å². The van der Waals surface area contributed by atoms with E-state index in [9.17, 15) is 8.42 Å². The molecular weight excluding hydrogens is 387 g/mol. The van der Waals surface area contributed by atoms with Crippen LogP contribution in [0.5, 0.6) is 5.75 Å². The summed E-state index contributed by atoms with van der Waals surface area (Å²) >= 11 is 0. The fourth-order valence-electron chi connectivity index (χ4n) is 2.04. The van der Waals surface area contributed by atoms with Gasteiger partial charge in [-0.2, -0.15) is 8.42 Å². The summed E-state index contributed by atoms with van der Waals surface area (Å²) in [7, 11) is -3.94. The zero-order valence-corrected chi connectivity index (χ0v) is 18.1. The summed E-state index contributed by atoms with van der Waals surface area (Å²) in [5.74, 6) is 0.270. The predicted molar refractivity (Wildman–Crippen MR) is 121 cm³/mol. The predicted octanol–water partition coefficient (Wildman–Crippen LogP) is 5.27. The van der Waals surface area contributed by atoms with Crippen LogP contribution in [-0.2, 0) is 19.3 Å². The number of unbranched alkanes of at least 4 members (excludes halogenated alkanes) is 6. The van der Waals surface area contributed by atoms with Gasteiger partial charge in [0.05, 0.1) is 6.61 Å². The SMILES string of the molecule is C=C.CCCCCCCCCOS(=O)(=O)Oc1ccccc1.CCOCC.[NaH]. The van der Waals surface area contributed by atoms with E-state index in [1.165, 1.54) is 25.7 Å². The van der Waals surface area contributed by atoms with Crippen LogP contribution in [0.1, 0.15) is 65.7 Å². The first-order chi connectivity index (χ1) is 13.1. The first-order valence-corrected chi connectivity index (χ1v) is 11.1. The summed E-state index contributed by atoms with van der Waals surface area (Å²) in [6.45, 7) is 14.0. The van der Waals surface area contributed by atoms with Gasteiger partial charge in [-0.25, -0.2) is 4.18 Å². The summed E-state index contributed by atoms with van der Waals surface area (Å²) in [5.41, 5.74) is 0. The summed E-state index contributed by atoms with van der Waals surface area (Å²) in [6.07, 6.45) is 7.83. The zero-order valence-electron chi connectivity index (χ0n) is 17.3. The van der Waals surface area contributed by atoms with Gasteiger partial charge in [0.1, 0.15) is 5.75 Å². The van der Waals surface area contributed by atoms with Gasteiger partial charge in [0, 0.05) is 13.2 Å². The van der Waals surface area contributed by atoms with Gasteiger partial charge in [-0.15, -0.1) is 13.2 Å². The Morgan fingerprint density at radius 2 is 1.32 bits per heavy atom. The molecule has 0 N–H and O–H groups in total. The number of para-hydroxylation sites is 1. The molecule has 1 aromatic carbocycles. The topological polar surface area (TPSA) is 61.8 Å². The molecule has 160 valence electrons. The quantitative estimate of drug-likeness (QED) is 0.244. The van der Waals surface area contributed by atoms with Crippen molar-refractivity contribution < 1.29 is 21.5 Å². The molecule has 0 aromatic heterocycles. The van der Waals surface area contributed by atoms with Crippen molar-refractivity contribution in [1.29, 1.82) is 0 Å². The average Bonchev–Trinajstić information content (AvgIpc) is 2.67. The van der Waals surface area contributed by atoms with Gasteiger partial charge in [-0.3, -0.25) is 0 Å². The Hall–Kier alpha value is -0.370. The molecule has 5 nitrogen and oxygen atoms in total. The molecule has 1 aromatic rings. The van der Waals surface area contributed by atoms with Crippen LogP contribution in [0.3, 0.4) is 0 Å². The van der Waals surface area contributed by atoms with E-state index in [1.54, 1.807) is 30.3 Å². The molecule has 0 atom stereocenters. The maximum atomic E-state index is 11.5. The van der Waals surface area contributed by atoms with Crippen LogP contribution in [0.2, 0.25) is 0 Å². The second-order valence-corrected chi connectivity index (χ2v) is 6.75. The van der Waals surface area contributed by atoms with Crippen LogP contribution in [0, 0.1) is 0 Å². The Morgan fingerprint density at radius 1 is 0.821 bits per heavy atom. The second kappa shape index (κ2) is 24.7. The molecule has 0 amide bonds. The van der Waals surface area contributed by atoms with Gasteiger partial charge in [0.2, 0.25) is 0 Å². The third-order valence-electron chi connectivity index (χ3n) is 3.33. The molecule has 0 spiro atoms. The molecule has 7 heteroatoms. The molecular formula is C21H39NaO5S. The zero-order chi connectivity index (χ0) is 20.8. The van der Waals surface area contributed by atoms with Gasteiger partial charge in [0.25, 0.3) is 0 Å². The molecule has 0 unspecified atom stereocenters. The third-order valence-corrected chi connectivity index (χ3v) is 4.18. The summed E-state index contributed by atoms with van der Waals surface area (Å²) in [5, 5.41) is 0. The van der Waals surface area contributed by atoms with Crippen LogP contribution in [-0.4, -0.2) is 57.8 Å². The van der Waals surface area contributed by atoms with Crippen molar-refractivity contribution in [2.75, 3.05) is 19.8 Å². The number of ether oxygens (including phenoxy) is 1. The molecule has 0 radical (unpaired) electrons. The van der Waals surface area contributed by atoms with E-state index in [4.69, 9.17) is 13.1 Å². The fourth-order valence-corrected chi connectivity index (χ4v) is 2.76. The van der Waals surface area contributed by atoms with Crippen molar-refractivity contribution in [2.45, 2.75) is 65.7 Å². The van der Waals surface area contributed by atoms with E-state index < -0.39 is 10.4 Å². The first kappa shape index (κ1) is 32.3. The van der Waals surface area contributed by atoms with Crippen molar-refractivity contribution in [3.63, 3.8) is 0 Å². The van der Waals surface area contributed by atoms with E-state index in [0.717, 1.165) is 32.5 Å². The van der Waals surface area contributed by atoms with Crippen LogP contribution in [0.15, 0.2) is 43.5 Å². The Morgan fingerprint density at radius 3 is 1.79 bits per heavy atom. The summed E-state index contributed by atoms with van der Waals surface area (Å²) in [4.78, 5) is 0. The normalized spacial score (nSPS) is 9.82. The van der Waals surface area contributed by atoms with E-state index >= 15 is 0 Å². The van der Waals surface area contributed by atoms with Gasteiger partial charge in [-0.05, 0) is 32.4 Å². The average molecular weight is 427 g/mol. The molecule has 0 saturated heterocycles. The van der Waals surface area contributed by atoms with Gasteiger partial charge in [0.15, 0.2) is 0 Å². The van der Waals surface area contributed by atoms with Crippen molar-refractivity contribution in [1.82, 2.24) is 0 Å². The number of hydrogen-bond acceptors (Lipinski definition) is 5. The fraction of sp³-hybridized carbons (Fsp3) is 0.619. The van der Waals surface area contributed by atoms with Gasteiger partial charge >= 0.3 is 40.0 Å². The molecule has 0 aliphatic rings. The van der Waals surface area contributed by atoms with Gasteiger partial charge < -0.3 is 8.92 Å². The second-order valence-electron chi connectivity index (χ2n) is 5.53. The van der Waals surface area contributed by atoms with E-state index in [-0.39, 0.29) is 41.9 Å². The standard InChI is InChI=1S/C15H24O4S.C4H10O.C2H4.Na.H/c1-2-3-4-5-6-7-11-14-18-20(16,17)19-15-12-9-8-10-13-15;1-3-5-4-2;1-2;;/h8-10,12-13H,2-7,11,14H2,1H3;3-4H2,1-2H3;1-2H2;;. The maximum absolute atomic E-state index is 11.5. The van der Waals surface area contributed by atoms with Crippen LogP contribution >= 0.6 is 0 Å². The minimum atomic E-state index is -3.94. The minimum absolute atomic E-state index is 0. The van der Waals surface area contributed by atoms with Crippen molar-refractivity contribution in [2.24, 2.45) is 0 Å². The molecule has 0 bridgehead atoms. The van der Waals surface area contributed by atoms with Crippen LogP contribution in [0.25, 0.3) is 0 Å². The Bertz CT molecular complexity index is 507. The van der Waals surface area contributed by atoms with Gasteiger partial charge in [-0.1, -0.05) is 63.6 Å². The Kier molecular flexibility index (Phi) is 28.5. The van der Waals surface area contributed by atoms with Crippen molar-refractivity contribution in [3.8, 4) is 5.75 Å². The summed E-state index contributed by atoms with van der Waals surface area (Å²) in [6, 6.07) is 8.37. The van der Waals surface area contributed by atoms with E-state index in [1.807, 2.05) is 13.8 Å². The third kappa shape index (κ3) is 23.7. The molecule has 0 saturated carbocycles. The molecule has 1 rings (SSSR count). The number of rotatable bonds is 13. The molecule has 0 heterocycles. The monoisotopic (exact) mass is 426 g/mol. The van der Waals surface area contributed by atoms with Crippen LogP contribution < -0.4 is 4.18 Å². The van der Waals surface area contributed by atoms with E-state index in [2.05, 4.69) is 20.1 Å². The van der Waals surface area contributed by atoms with Crippen molar-refractivity contribution >= 4 is 40.0 Å². The first-order valence-electron chi connectivity index (χ1n) is 9.77.